The van der Waals surface area contributed by atoms with Crippen molar-refractivity contribution >= 4 is 17.7 Å². The Balaban J connectivity index is 1.34. The van der Waals surface area contributed by atoms with E-state index in [1.807, 2.05) is 12.1 Å². The van der Waals surface area contributed by atoms with Crippen molar-refractivity contribution in [2.24, 2.45) is 0 Å². The van der Waals surface area contributed by atoms with Crippen molar-refractivity contribution in [2.45, 2.75) is 13.3 Å². The van der Waals surface area contributed by atoms with Gasteiger partial charge < -0.3 is 14.2 Å². The monoisotopic (exact) mass is 377 g/mol. The minimum absolute atomic E-state index is 0.147. The number of carbonyl (C=O) groups excluding carboxylic acids is 1. The first kappa shape index (κ1) is 18.0. The molecule has 0 spiro atoms. The van der Waals surface area contributed by atoms with E-state index in [1.54, 1.807) is 17.0 Å². The Bertz CT molecular complexity index is 899. The van der Waals surface area contributed by atoms with Crippen molar-refractivity contribution in [3.05, 3.63) is 60.4 Å². The van der Waals surface area contributed by atoms with Crippen LogP contribution in [0.1, 0.15) is 12.5 Å². The second kappa shape index (κ2) is 8.12. The third-order valence-corrected chi connectivity index (χ3v) is 4.95. The summed E-state index contributed by atoms with van der Waals surface area (Å²) in [6.07, 6.45) is 2.56. The number of amides is 2. The van der Waals surface area contributed by atoms with Gasteiger partial charge in [-0.2, -0.15) is 0 Å². The summed E-state index contributed by atoms with van der Waals surface area (Å²) in [5.41, 5.74) is 3.24. The number of rotatable bonds is 4. The minimum Gasteiger partial charge on any atom is -0.449 e. The Morgan fingerprint density at radius 3 is 2.43 bits per heavy atom. The van der Waals surface area contributed by atoms with Gasteiger partial charge in [0.05, 0.1) is 12.0 Å². The highest BCUT2D eigenvalue weighted by Crippen LogP contribution is 2.20. The molecule has 4 rings (SSSR count). The van der Waals surface area contributed by atoms with Crippen LogP contribution in [0.15, 0.2) is 59.2 Å². The van der Waals surface area contributed by atoms with Crippen LogP contribution in [0.25, 0.3) is 11.3 Å². The maximum absolute atomic E-state index is 12.3. The van der Waals surface area contributed by atoms with E-state index in [-0.39, 0.29) is 6.03 Å². The van der Waals surface area contributed by atoms with Gasteiger partial charge in [-0.1, -0.05) is 31.2 Å². The van der Waals surface area contributed by atoms with Crippen molar-refractivity contribution < 1.29 is 9.21 Å². The van der Waals surface area contributed by atoms with Gasteiger partial charge in [-0.05, 0) is 30.2 Å². The molecule has 0 radical (unpaired) electrons. The summed E-state index contributed by atoms with van der Waals surface area (Å²) in [6.45, 7) is 4.81. The van der Waals surface area contributed by atoms with Crippen LogP contribution in [0.3, 0.4) is 0 Å². The standard InChI is InChI=1S/C21H23N5O2/c1-2-16-5-7-17(8-6-16)18-9-10-19(24-23-18)25-11-13-26(14-12-25)21(27)22-20-4-3-15-28-20/h3-10,15H,2,11-14H2,1H3,(H,22,27). The van der Waals surface area contributed by atoms with E-state index < -0.39 is 0 Å². The lowest BCUT2D eigenvalue weighted by atomic mass is 10.1. The van der Waals surface area contributed by atoms with Gasteiger partial charge in [0.1, 0.15) is 0 Å². The number of carbonyl (C=O) groups is 1. The molecule has 1 N–H and O–H groups in total. The fourth-order valence-electron chi connectivity index (χ4n) is 3.23. The van der Waals surface area contributed by atoms with E-state index in [4.69, 9.17) is 4.42 Å². The maximum Gasteiger partial charge on any atom is 0.324 e. The largest absolute Gasteiger partial charge is 0.449 e. The van der Waals surface area contributed by atoms with Crippen molar-refractivity contribution in [2.75, 3.05) is 36.4 Å². The maximum atomic E-state index is 12.3. The number of nitrogens with one attached hydrogen (secondary N) is 1. The lowest BCUT2D eigenvalue weighted by molar-refractivity contribution is 0.207. The average molecular weight is 377 g/mol. The Labute approximate surface area is 164 Å². The number of nitrogens with zero attached hydrogens (tertiary/aromatic N) is 4. The normalized spacial score (nSPS) is 14.2. The zero-order valence-corrected chi connectivity index (χ0v) is 15.8. The summed E-state index contributed by atoms with van der Waals surface area (Å²) in [4.78, 5) is 16.2. The van der Waals surface area contributed by atoms with Crippen LogP contribution in [-0.4, -0.2) is 47.3 Å². The zero-order chi connectivity index (χ0) is 19.3. The molecule has 0 saturated carbocycles. The summed E-state index contributed by atoms with van der Waals surface area (Å²) < 4.78 is 5.16. The predicted octanol–water partition coefficient (Wildman–Crippen LogP) is 3.65. The van der Waals surface area contributed by atoms with Gasteiger partial charge in [0.25, 0.3) is 0 Å². The molecule has 1 fully saturated rings. The van der Waals surface area contributed by atoms with Gasteiger partial charge >= 0.3 is 6.03 Å². The van der Waals surface area contributed by atoms with Crippen LogP contribution >= 0.6 is 0 Å². The van der Waals surface area contributed by atoms with Crippen LogP contribution in [-0.2, 0) is 6.42 Å². The highest BCUT2D eigenvalue weighted by atomic mass is 16.3. The van der Waals surface area contributed by atoms with Gasteiger partial charge in [0.15, 0.2) is 5.82 Å². The fraction of sp³-hybridized carbons (Fsp3) is 0.286. The Morgan fingerprint density at radius 1 is 1.04 bits per heavy atom. The second-order valence-corrected chi connectivity index (χ2v) is 6.71. The summed E-state index contributed by atoms with van der Waals surface area (Å²) in [6, 6.07) is 15.7. The number of aromatic nitrogens is 2. The van der Waals surface area contributed by atoms with Crippen molar-refractivity contribution in [1.82, 2.24) is 15.1 Å². The molecule has 144 valence electrons. The number of urea groups is 1. The number of hydrogen-bond acceptors (Lipinski definition) is 5. The summed E-state index contributed by atoms with van der Waals surface area (Å²) in [5, 5.41) is 11.5. The molecule has 7 heteroatoms. The second-order valence-electron chi connectivity index (χ2n) is 6.71. The van der Waals surface area contributed by atoms with E-state index in [0.29, 0.717) is 32.1 Å². The third kappa shape index (κ3) is 3.98. The summed E-state index contributed by atoms with van der Waals surface area (Å²) in [7, 11) is 0. The van der Waals surface area contributed by atoms with E-state index >= 15 is 0 Å². The molecule has 0 bridgehead atoms. The van der Waals surface area contributed by atoms with E-state index in [2.05, 4.69) is 51.6 Å². The fourth-order valence-corrected chi connectivity index (χ4v) is 3.23. The van der Waals surface area contributed by atoms with Gasteiger partial charge in [0, 0.05) is 37.8 Å². The smallest absolute Gasteiger partial charge is 0.324 e. The highest BCUT2D eigenvalue weighted by molar-refractivity contribution is 5.88. The first-order valence-electron chi connectivity index (χ1n) is 9.50. The Hall–Kier alpha value is -3.35. The molecule has 1 saturated heterocycles. The average Bonchev–Trinajstić information content (AvgIpc) is 3.27. The van der Waals surface area contributed by atoms with Crippen LogP contribution in [0.4, 0.5) is 16.5 Å². The molecule has 1 aromatic carbocycles. The van der Waals surface area contributed by atoms with E-state index in [9.17, 15) is 4.79 Å². The molecule has 0 unspecified atom stereocenters. The topological polar surface area (TPSA) is 74.5 Å². The summed E-state index contributed by atoms with van der Waals surface area (Å²) >= 11 is 0. The molecule has 2 amide bonds. The number of hydrogen-bond donors (Lipinski definition) is 1. The minimum atomic E-state index is -0.147. The first-order valence-corrected chi connectivity index (χ1v) is 9.50. The van der Waals surface area contributed by atoms with Gasteiger partial charge in [-0.25, -0.2) is 4.79 Å². The van der Waals surface area contributed by atoms with Crippen LogP contribution < -0.4 is 10.2 Å². The molecule has 3 aromatic rings. The molecule has 0 aliphatic carbocycles. The SMILES string of the molecule is CCc1ccc(-c2ccc(N3CCN(C(=O)Nc4ccco4)CC3)nn2)cc1. The zero-order valence-electron chi connectivity index (χ0n) is 15.8. The highest BCUT2D eigenvalue weighted by Gasteiger charge is 2.22. The van der Waals surface area contributed by atoms with Crippen LogP contribution in [0, 0.1) is 0 Å². The molecule has 3 heterocycles. The number of benzene rings is 1. The lowest BCUT2D eigenvalue weighted by Gasteiger charge is -2.34. The number of furan rings is 1. The molecule has 1 aliphatic heterocycles. The number of aryl methyl sites for hydroxylation is 1. The Morgan fingerprint density at radius 2 is 1.82 bits per heavy atom. The molecule has 1 aliphatic rings. The van der Waals surface area contributed by atoms with Crippen LogP contribution in [0.2, 0.25) is 0 Å². The molecule has 28 heavy (non-hydrogen) atoms. The number of anilines is 2. The molecule has 0 atom stereocenters. The van der Waals surface area contributed by atoms with Crippen LogP contribution in [0.5, 0.6) is 0 Å². The quantitative estimate of drug-likeness (QED) is 0.751. The summed E-state index contributed by atoms with van der Waals surface area (Å²) in [5.74, 6) is 1.29. The molecule has 2 aromatic heterocycles. The molecular formula is C21H23N5O2. The van der Waals surface area contributed by atoms with E-state index in [0.717, 1.165) is 23.5 Å². The first-order chi connectivity index (χ1) is 13.7. The lowest BCUT2D eigenvalue weighted by Crippen LogP contribution is -2.50. The van der Waals surface area contributed by atoms with Crippen molar-refractivity contribution in [3.63, 3.8) is 0 Å². The molecular weight excluding hydrogens is 354 g/mol. The third-order valence-electron chi connectivity index (χ3n) is 4.95. The van der Waals surface area contributed by atoms with Gasteiger partial charge in [-0.3, -0.25) is 5.32 Å². The Kier molecular flexibility index (Phi) is 5.23. The van der Waals surface area contributed by atoms with Gasteiger partial charge in [0.2, 0.25) is 5.88 Å². The van der Waals surface area contributed by atoms with E-state index in [1.165, 1.54) is 11.8 Å². The predicted molar refractivity (Wildman–Crippen MR) is 108 cm³/mol. The van der Waals surface area contributed by atoms with Crippen molar-refractivity contribution in [1.29, 1.82) is 0 Å². The van der Waals surface area contributed by atoms with Gasteiger partial charge in [-0.15, -0.1) is 10.2 Å². The number of piperazine rings is 1. The molecule has 7 nitrogen and oxygen atoms in total. The van der Waals surface area contributed by atoms with Crippen molar-refractivity contribution in [3.8, 4) is 11.3 Å².